The third kappa shape index (κ3) is 3.26. The Hall–Kier alpha value is -1.22. The summed E-state index contributed by atoms with van der Waals surface area (Å²) in [5, 5.41) is 0. The first-order valence-corrected chi connectivity index (χ1v) is 8.10. The van der Waals surface area contributed by atoms with Gasteiger partial charge in [-0.25, -0.2) is 17.2 Å². The summed E-state index contributed by atoms with van der Waals surface area (Å²) < 4.78 is 53.6. The van der Waals surface area contributed by atoms with Crippen LogP contribution in [-0.2, 0) is 10.0 Å². The first-order chi connectivity index (χ1) is 9.29. The minimum Gasteiger partial charge on any atom is -0.280 e. The zero-order chi connectivity index (χ0) is 14.9. The molecule has 3 nitrogen and oxygen atoms in total. The van der Waals surface area contributed by atoms with Gasteiger partial charge in [-0.15, -0.1) is 0 Å². The predicted molar refractivity (Wildman–Crippen MR) is 81.1 cm³/mol. The topological polar surface area (TPSA) is 46.2 Å². The summed E-state index contributed by atoms with van der Waals surface area (Å²) in [6.07, 6.45) is 0. The Morgan fingerprint density at radius 1 is 1.10 bits per heavy atom. The summed E-state index contributed by atoms with van der Waals surface area (Å²) in [6.45, 7) is 1.89. The third-order valence-corrected chi connectivity index (χ3v) is 5.18. The van der Waals surface area contributed by atoms with Gasteiger partial charge < -0.3 is 0 Å². The van der Waals surface area contributed by atoms with Gasteiger partial charge in [-0.05, 0) is 59.3 Å². The minimum atomic E-state index is -4.09. The average molecular weight is 409 g/mol. The lowest BCUT2D eigenvalue weighted by molar-refractivity contribution is 0.551. The Kier molecular flexibility index (Phi) is 4.28. The monoisotopic (exact) mass is 409 g/mol. The van der Waals surface area contributed by atoms with Crippen LogP contribution in [0.15, 0.2) is 41.3 Å². The number of anilines is 1. The highest BCUT2D eigenvalue weighted by Gasteiger charge is 2.19. The van der Waals surface area contributed by atoms with Gasteiger partial charge in [0, 0.05) is 15.3 Å². The van der Waals surface area contributed by atoms with E-state index in [9.17, 15) is 17.2 Å². The molecule has 2 aromatic carbocycles. The molecule has 0 aromatic heterocycles. The van der Waals surface area contributed by atoms with Gasteiger partial charge in [-0.1, -0.05) is 6.07 Å². The van der Waals surface area contributed by atoms with Crippen LogP contribution in [0.2, 0.25) is 0 Å². The molecule has 0 amide bonds. The van der Waals surface area contributed by atoms with Crippen molar-refractivity contribution in [3.8, 4) is 0 Å². The summed E-state index contributed by atoms with van der Waals surface area (Å²) in [6, 6.07) is 7.29. The van der Waals surface area contributed by atoms with E-state index in [1.165, 1.54) is 0 Å². The molecule has 0 saturated carbocycles. The van der Waals surface area contributed by atoms with Crippen molar-refractivity contribution in [3.63, 3.8) is 0 Å². The van der Waals surface area contributed by atoms with Gasteiger partial charge >= 0.3 is 0 Å². The number of rotatable bonds is 3. The van der Waals surface area contributed by atoms with Crippen LogP contribution in [0.3, 0.4) is 0 Å². The standard InChI is InChI=1S/C13H10F2INO2S/c1-8-2-4-10(7-12(8)16)17-20(18,19)13-5-3-9(14)6-11(13)15/h2-7,17H,1H3. The molecule has 0 fully saturated rings. The van der Waals surface area contributed by atoms with E-state index in [4.69, 9.17) is 0 Å². The zero-order valence-corrected chi connectivity index (χ0v) is 13.3. The lowest BCUT2D eigenvalue weighted by Gasteiger charge is -2.10. The molecule has 7 heteroatoms. The molecule has 20 heavy (non-hydrogen) atoms. The van der Waals surface area contributed by atoms with Crippen molar-refractivity contribution in [1.29, 1.82) is 0 Å². The van der Waals surface area contributed by atoms with E-state index >= 15 is 0 Å². The van der Waals surface area contributed by atoms with Gasteiger partial charge in [0.1, 0.15) is 16.5 Å². The Balaban J connectivity index is 2.38. The Labute approximate surface area is 129 Å². The average Bonchev–Trinajstić information content (AvgIpc) is 2.33. The fourth-order valence-corrected chi connectivity index (χ4v) is 3.18. The second-order valence-corrected chi connectivity index (χ2v) is 6.96. The molecule has 0 unspecified atom stereocenters. The van der Waals surface area contributed by atoms with Crippen LogP contribution in [0.25, 0.3) is 0 Å². The van der Waals surface area contributed by atoms with E-state index in [-0.39, 0.29) is 0 Å². The fourth-order valence-electron chi connectivity index (χ4n) is 1.56. The maximum Gasteiger partial charge on any atom is 0.264 e. The maximum absolute atomic E-state index is 13.5. The highest BCUT2D eigenvalue weighted by molar-refractivity contribution is 14.1. The van der Waals surface area contributed by atoms with Crippen molar-refractivity contribution < 1.29 is 17.2 Å². The molecule has 106 valence electrons. The molecule has 0 bridgehead atoms. The number of sulfonamides is 1. The van der Waals surface area contributed by atoms with Crippen LogP contribution in [0.4, 0.5) is 14.5 Å². The molecule has 1 N–H and O–H groups in total. The smallest absolute Gasteiger partial charge is 0.264 e. The van der Waals surface area contributed by atoms with Crippen LogP contribution in [0, 0.1) is 22.1 Å². The van der Waals surface area contributed by atoms with Crippen molar-refractivity contribution in [2.45, 2.75) is 11.8 Å². The second-order valence-electron chi connectivity index (χ2n) is 4.14. The molecule has 0 aliphatic rings. The summed E-state index contributed by atoms with van der Waals surface area (Å²) in [5.74, 6) is -1.95. The third-order valence-electron chi connectivity index (χ3n) is 2.61. The summed E-state index contributed by atoms with van der Waals surface area (Å²) >= 11 is 2.07. The van der Waals surface area contributed by atoms with E-state index in [1.54, 1.807) is 18.2 Å². The summed E-state index contributed by atoms with van der Waals surface area (Å²) in [4.78, 5) is -0.588. The van der Waals surface area contributed by atoms with Crippen LogP contribution in [0.1, 0.15) is 5.56 Å². The number of hydrogen-bond acceptors (Lipinski definition) is 2. The molecule has 2 rings (SSSR count). The first kappa shape index (κ1) is 15.2. The Morgan fingerprint density at radius 2 is 1.80 bits per heavy atom. The number of aryl methyl sites for hydroxylation is 1. The molecule has 0 aliphatic carbocycles. The number of halogens is 3. The van der Waals surface area contributed by atoms with Crippen molar-refractivity contribution in [3.05, 3.63) is 57.2 Å². The van der Waals surface area contributed by atoms with Crippen LogP contribution in [-0.4, -0.2) is 8.42 Å². The molecule has 0 saturated heterocycles. The number of hydrogen-bond donors (Lipinski definition) is 1. The van der Waals surface area contributed by atoms with Gasteiger partial charge in [0.05, 0.1) is 0 Å². The highest BCUT2D eigenvalue weighted by Crippen LogP contribution is 2.22. The quantitative estimate of drug-likeness (QED) is 0.787. The van der Waals surface area contributed by atoms with E-state index in [0.29, 0.717) is 11.8 Å². The van der Waals surface area contributed by atoms with Gasteiger partial charge in [-0.3, -0.25) is 4.72 Å². The molecular weight excluding hydrogens is 399 g/mol. The molecule has 0 spiro atoms. The van der Waals surface area contributed by atoms with Crippen molar-refractivity contribution in [1.82, 2.24) is 0 Å². The first-order valence-electron chi connectivity index (χ1n) is 5.53. The van der Waals surface area contributed by atoms with Crippen molar-refractivity contribution in [2.75, 3.05) is 4.72 Å². The van der Waals surface area contributed by atoms with E-state index in [2.05, 4.69) is 27.3 Å². The molecule has 2 aromatic rings. The fraction of sp³-hybridized carbons (Fsp3) is 0.0769. The van der Waals surface area contributed by atoms with Crippen LogP contribution in [0.5, 0.6) is 0 Å². The van der Waals surface area contributed by atoms with E-state index in [1.807, 2.05) is 6.92 Å². The molecule has 0 aliphatic heterocycles. The predicted octanol–water partition coefficient (Wildman–Crippen LogP) is 3.68. The molecule has 0 heterocycles. The molecular formula is C13H10F2INO2S. The van der Waals surface area contributed by atoms with E-state index in [0.717, 1.165) is 21.3 Å². The molecule has 0 radical (unpaired) electrons. The normalized spacial score (nSPS) is 11.4. The van der Waals surface area contributed by atoms with Crippen LogP contribution >= 0.6 is 22.6 Å². The lowest BCUT2D eigenvalue weighted by Crippen LogP contribution is -2.14. The SMILES string of the molecule is Cc1ccc(NS(=O)(=O)c2ccc(F)cc2F)cc1I. The second kappa shape index (κ2) is 5.65. The minimum absolute atomic E-state index is 0.323. The number of nitrogens with one attached hydrogen (secondary N) is 1. The summed E-state index contributed by atoms with van der Waals surface area (Å²) in [5.41, 5.74) is 1.32. The largest absolute Gasteiger partial charge is 0.280 e. The summed E-state index contributed by atoms with van der Waals surface area (Å²) in [7, 11) is -4.09. The van der Waals surface area contributed by atoms with Gasteiger partial charge in [-0.2, -0.15) is 0 Å². The zero-order valence-electron chi connectivity index (χ0n) is 10.3. The van der Waals surface area contributed by atoms with E-state index < -0.39 is 26.6 Å². The Bertz CT molecular complexity index is 763. The van der Waals surface area contributed by atoms with Crippen molar-refractivity contribution in [2.24, 2.45) is 0 Å². The van der Waals surface area contributed by atoms with Crippen LogP contribution < -0.4 is 4.72 Å². The highest BCUT2D eigenvalue weighted by atomic mass is 127. The van der Waals surface area contributed by atoms with Gasteiger partial charge in [0.2, 0.25) is 0 Å². The molecule has 0 atom stereocenters. The Morgan fingerprint density at radius 3 is 2.40 bits per heavy atom. The maximum atomic E-state index is 13.5. The number of benzene rings is 2. The van der Waals surface area contributed by atoms with Crippen molar-refractivity contribution >= 4 is 38.3 Å². The lowest BCUT2D eigenvalue weighted by atomic mass is 10.2. The van der Waals surface area contributed by atoms with Gasteiger partial charge in [0.15, 0.2) is 0 Å². The van der Waals surface area contributed by atoms with Gasteiger partial charge in [0.25, 0.3) is 10.0 Å².